The number of hydrogen-bond acceptors (Lipinski definition) is 3. The van der Waals surface area contributed by atoms with Crippen molar-refractivity contribution < 1.29 is 13.9 Å². The van der Waals surface area contributed by atoms with Gasteiger partial charge < -0.3 is 15.5 Å². The molecule has 3 aromatic rings. The molecular weight excluding hydrogens is 283 g/mol. The van der Waals surface area contributed by atoms with E-state index in [4.69, 9.17) is 10.5 Å². The molecule has 0 aliphatic rings. The van der Waals surface area contributed by atoms with Crippen LogP contribution in [0.25, 0.3) is 10.9 Å². The fourth-order valence-electron chi connectivity index (χ4n) is 2.32. The summed E-state index contributed by atoms with van der Waals surface area (Å²) >= 11 is 0. The maximum Gasteiger partial charge on any atom is 0.328 e. The number of nitrogens with two attached hydrogens (primary N) is 1. The van der Waals surface area contributed by atoms with Crippen molar-refractivity contribution in [2.75, 3.05) is 0 Å². The molecule has 0 unspecified atom stereocenters. The van der Waals surface area contributed by atoms with Crippen molar-refractivity contribution in [3.05, 3.63) is 66.1 Å². The summed E-state index contributed by atoms with van der Waals surface area (Å²) in [6, 6.07) is 12.3. The molecule has 0 amide bonds. The summed E-state index contributed by atoms with van der Waals surface area (Å²) in [4.78, 5) is 15.1. The van der Waals surface area contributed by atoms with Gasteiger partial charge in [0.1, 0.15) is 17.6 Å². The molecule has 112 valence electrons. The zero-order valence-corrected chi connectivity index (χ0v) is 11.8. The van der Waals surface area contributed by atoms with Crippen LogP contribution in [0.3, 0.4) is 0 Å². The Kier molecular flexibility index (Phi) is 3.89. The molecular formula is C17H15FN2O2. The largest absolute Gasteiger partial charge is 0.425 e. The third-order valence-electron chi connectivity index (χ3n) is 3.45. The maximum absolute atomic E-state index is 12.8. The van der Waals surface area contributed by atoms with Gasteiger partial charge in [0.15, 0.2) is 0 Å². The average Bonchev–Trinajstić information content (AvgIpc) is 2.93. The summed E-state index contributed by atoms with van der Waals surface area (Å²) in [5.74, 6) is -0.652. The highest BCUT2D eigenvalue weighted by molar-refractivity contribution is 5.85. The number of carbonyl (C=O) groups excluding carboxylic acids is 1. The summed E-state index contributed by atoms with van der Waals surface area (Å²) < 4.78 is 18.0. The maximum atomic E-state index is 12.8. The number of carbonyl (C=O) groups is 1. The van der Waals surface area contributed by atoms with E-state index in [9.17, 15) is 9.18 Å². The average molecular weight is 298 g/mol. The Morgan fingerprint density at radius 1 is 1.18 bits per heavy atom. The lowest BCUT2D eigenvalue weighted by Crippen LogP contribution is -2.36. The smallest absolute Gasteiger partial charge is 0.328 e. The Hall–Kier alpha value is -2.66. The number of hydrogen-bond donors (Lipinski definition) is 2. The minimum atomic E-state index is -0.788. The molecule has 3 rings (SSSR count). The normalized spacial score (nSPS) is 12.3. The molecule has 0 radical (unpaired) electrons. The van der Waals surface area contributed by atoms with Crippen LogP contribution in [0.2, 0.25) is 0 Å². The molecule has 0 saturated carbocycles. The van der Waals surface area contributed by atoms with Crippen LogP contribution >= 0.6 is 0 Å². The molecule has 0 bridgehead atoms. The lowest BCUT2D eigenvalue weighted by Gasteiger charge is -2.10. The van der Waals surface area contributed by atoms with Gasteiger partial charge in [0.25, 0.3) is 0 Å². The molecule has 22 heavy (non-hydrogen) atoms. The van der Waals surface area contributed by atoms with Gasteiger partial charge in [0.2, 0.25) is 0 Å². The van der Waals surface area contributed by atoms with Gasteiger partial charge in [-0.15, -0.1) is 0 Å². The first-order valence-electron chi connectivity index (χ1n) is 6.91. The number of ether oxygens (including phenoxy) is 1. The summed E-state index contributed by atoms with van der Waals surface area (Å²) in [5, 5.41) is 1.03. The molecule has 5 heteroatoms. The Morgan fingerprint density at radius 2 is 1.91 bits per heavy atom. The van der Waals surface area contributed by atoms with Gasteiger partial charge in [-0.05, 0) is 35.9 Å². The van der Waals surface area contributed by atoms with Gasteiger partial charge in [-0.25, -0.2) is 9.18 Å². The van der Waals surface area contributed by atoms with Gasteiger partial charge in [0, 0.05) is 23.5 Å². The fourth-order valence-corrected chi connectivity index (χ4v) is 2.32. The molecule has 0 spiro atoms. The van der Waals surface area contributed by atoms with E-state index in [1.165, 1.54) is 24.3 Å². The van der Waals surface area contributed by atoms with E-state index in [1.807, 2.05) is 30.5 Å². The highest BCUT2D eigenvalue weighted by Crippen LogP contribution is 2.19. The predicted molar refractivity (Wildman–Crippen MR) is 82.0 cm³/mol. The number of aromatic amines is 1. The van der Waals surface area contributed by atoms with Gasteiger partial charge in [0.05, 0.1) is 0 Å². The Morgan fingerprint density at radius 3 is 2.68 bits per heavy atom. The molecule has 0 saturated heterocycles. The third kappa shape index (κ3) is 2.99. The first kappa shape index (κ1) is 14.3. The standard InChI is InChI=1S/C17H15FN2O2/c18-12-5-7-13(8-6-12)22-17(21)15(19)9-11-10-20-16-4-2-1-3-14(11)16/h1-8,10,15,20H,9,19H2/t15-/m0/s1. The van der Waals surface area contributed by atoms with Crippen LogP contribution < -0.4 is 10.5 Å². The van der Waals surface area contributed by atoms with Crippen molar-refractivity contribution in [2.45, 2.75) is 12.5 Å². The lowest BCUT2D eigenvalue weighted by atomic mass is 10.1. The molecule has 0 fully saturated rings. The topological polar surface area (TPSA) is 68.1 Å². The van der Waals surface area contributed by atoms with Crippen LogP contribution in [-0.2, 0) is 11.2 Å². The van der Waals surface area contributed by atoms with E-state index in [0.29, 0.717) is 6.42 Å². The van der Waals surface area contributed by atoms with Crippen LogP contribution in [0.1, 0.15) is 5.56 Å². The van der Waals surface area contributed by atoms with E-state index in [0.717, 1.165) is 16.5 Å². The van der Waals surface area contributed by atoms with E-state index < -0.39 is 12.0 Å². The molecule has 1 aromatic heterocycles. The molecule has 0 aliphatic carbocycles. The summed E-state index contributed by atoms with van der Waals surface area (Å²) in [7, 11) is 0. The first-order valence-corrected chi connectivity index (χ1v) is 6.91. The first-order chi connectivity index (χ1) is 10.6. The second-order valence-corrected chi connectivity index (χ2v) is 5.05. The van der Waals surface area contributed by atoms with E-state index >= 15 is 0 Å². The van der Waals surface area contributed by atoms with Crippen LogP contribution in [0.15, 0.2) is 54.7 Å². The zero-order valence-electron chi connectivity index (χ0n) is 11.8. The number of aromatic nitrogens is 1. The number of nitrogens with one attached hydrogen (secondary N) is 1. The highest BCUT2D eigenvalue weighted by atomic mass is 19.1. The molecule has 2 aromatic carbocycles. The third-order valence-corrected chi connectivity index (χ3v) is 3.45. The van der Waals surface area contributed by atoms with Crippen LogP contribution in [-0.4, -0.2) is 17.0 Å². The quantitative estimate of drug-likeness (QED) is 0.575. The molecule has 3 N–H and O–H groups in total. The van der Waals surface area contributed by atoms with Crippen molar-refractivity contribution in [3.63, 3.8) is 0 Å². The minimum absolute atomic E-state index is 0.278. The van der Waals surface area contributed by atoms with Crippen molar-refractivity contribution in [3.8, 4) is 5.75 Å². The number of esters is 1. The highest BCUT2D eigenvalue weighted by Gasteiger charge is 2.18. The van der Waals surface area contributed by atoms with Crippen molar-refractivity contribution >= 4 is 16.9 Å². The van der Waals surface area contributed by atoms with Crippen LogP contribution in [0.4, 0.5) is 4.39 Å². The molecule has 0 aliphatic heterocycles. The number of H-pyrrole nitrogens is 1. The van der Waals surface area contributed by atoms with Gasteiger partial charge >= 0.3 is 5.97 Å². The second-order valence-electron chi connectivity index (χ2n) is 5.05. The summed E-state index contributed by atoms with van der Waals surface area (Å²) in [6.45, 7) is 0. The molecule has 1 heterocycles. The number of rotatable bonds is 4. The summed E-state index contributed by atoms with van der Waals surface area (Å²) in [6.07, 6.45) is 2.21. The number of fused-ring (bicyclic) bond motifs is 1. The molecule has 4 nitrogen and oxygen atoms in total. The lowest BCUT2D eigenvalue weighted by molar-refractivity contribution is -0.135. The number of benzene rings is 2. The summed E-state index contributed by atoms with van der Waals surface area (Å²) in [5.41, 5.74) is 7.87. The number of halogens is 1. The van der Waals surface area contributed by atoms with E-state index in [2.05, 4.69) is 4.98 Å². The monoisotopic (exact) mass is 298 g/mol. The van der Waals surface area contributed by atoms with Crippen molar-refractivity contribution in [1.29, 1.82) is 0 Å². The second kappa shape index (κ2) is 5.99. The predicted octanol–water partition coefficient (Wildman–Crippen LogP) is 2.78. The van der Waals surface area contributed by atoms with Crippen molar-refractivity contribution in [2.24, 2.45) is 5.73 Å². The van der Waals surface area contributed by atoms with E-state index in [-0.39, 0.29) is 11.6 Å². The van der Waals surface area contributed by atoms with Gasteiger partial charge in [-0.3, -0.25) is 0 Å². The van der Waals surface area contributed by atoms with E-state index in [1.54, 1.807) is 0 Å². The van der Waals surface area contributed by atoms with Gasteiger partial charge in [-0.1, -0.05) is 18.2 Å². The van der Waals surface area contributed by atoms with Crippen LogP contribution in [0.5, 0.6) is 5.75 Å². The van der Waals surface area contributed by atoms with Gasteiger partial charge in [-0.2, -0.15) is 0 Å². The number of para-hydroxylation sites is 1. The Labute approximate surface area is 126 Å². The molecule has 1 atom stereocenters. The van der Waals surface area contributed by atoms with Crippen molar-refractivity contribution in [1.82, 2.24) is 4.98 Å². The van der Waals surface area contributed by atoms with Crippen LogP contribution in [0, 0.1) is 5.82 Å². The SMILES string of the molecule is N[C@@H](Cc1c[nH]c2ccccc12)C(=O)Oc1ccc(F)cc1. The fraction of sp³-hybridized carbons (Fsp3) is 0.118. The Bertz CT molecular complexity index is 796. The Balaban J connectivity index is 1.69. The zero-order chi connectivity index (χ0) is 15.5. The minimum Gasteiger partial charge on any atom is -0.425 e.